The monoisotopic (exact) mass is 138 g/mol. The van der Waals surface area contributed by atoms with Crippen molar-refractivity contribution >= 4 is 0 Å². The van der Waals surface area contributed by atoms with Gasteiger partial charge in [-0.2, -0.15) is 0 Å². The third-order valence-corrected chi connectivity index (χ3v) is 2.90. The largest absolute Gasteiger partial charge is 0.0880 e. The Morgan fingerprint density at radius 1 is 1.40 bits per heavy atom. The summed E-state index contributed by atoms with van der Waals surface area (Å²) in [5.74, 6) is 0.795. The second-order valence-electron chi connectivity index (χ2n) is 3.96. The van der Waals surface area contributed by atoms with Crippen molar-refractivity contribution in [1.29, 1.82) is 0 Å². The molecule has 58 valence electrons. The average Bonchev–Trinajstić information content (AvgIpc) is 1.89. The Morgan fingerprint density at radius 3 is 2.40 bits per heavy atom. The van der Waals surface area contributed by atoms with Gasteiger partial charge in [0, 0.05) is 0 Å². The van der Waals surface area contributed by atoms with E-state index in [4.69, 9.17) is 0 Å². The van der Waals surface area contributed by atoms with Gasteiger partial charge in [0.2, 0.25) is 0 Å². The van der Waals surface area contributed by atoms with E-state index in [0.717, 1.165) is 5.92 Å². The minimum absolute atomic E-state index is 0.498. The van der Waals surface area contributed by atoms with Crippen LogP contribution in [0.5, 0.6) is 0 Å². The first-order valence-corrected chi connectivity index (χ1v) is 4.33. The number of hydrogen-bond donors (Lipinski definition) is 0. The first-order valence-electron chi connectivity index (χ1n) is 4.33. The SMILES string of the molecule is CC(C)[C@@]1(C)C=CCCC1. The van der Waals surface area contributed by atoms with Crippen LogP contribution in [0.1, 0.15) is 40.0 Å². The molecule has 0 bridgehead atoms. The highest BCUT2D eigenvalue weighted by Crippen LogP contribution is 2.37. The Bertz CT molecular complexity index is 133. The molecule has 1 rings (SSSR count). The molecule has 0 amide bonds. The van der Waals surface area contributed by atoms with Crippen LogP contribution in [0, 0.1) is 11.3 Å². The van der Waals surface area contributed by atoms with Crippen molar-refractivity contribution in [1.82, 2.24) is 0 Å². The highest BCUT2D eigenvalue weighted by Gasteiger charge is 2.25. The van der Waals surface area contributed by atoms with Crippen molar-refractivity contribution in [3.63, 3.8) is 0 Å². The Labute approximate surface area is 64.3 Å². The predicted octanol–water partition coefficient (Wildman–Crippen LogP) is 3.39. The molecule has 0 heteroatoms. The Balaban J connectivity index is 2.65. The highest BCUT2D eigenvalue weighted by molar-refractivity contribution is 5.02. The molecule has 0 aliphatic heterocycles. The molecule has 1 atom stereocenters. The topological polar surface area (TPSA) is 0 Å². The minimum atomic E-state index is 0.498. The van der Waals surface area contributed by atoms with Gasteiger partial charge in [-0.1, -0.05) is 32.9 Å². The summed E-state index contributed by atoms with van der Waals surface area (Å²) in [6.45, 7) is 7.00. The van der Waals surface area contributed by atoms with Crippen molar-refractivity contribution in [3.8, 4) is 0 Å². The van der Waals surface area contributed by atoms with Gasteiger partial charge in [0.05, 0.1) is 0 Å². The van der Waals surface area contributed by atoms with Crippen LogP contribution < -0.4 is 0 Å². The van der Waals surface area contributed by atoms with Crippen LogP contribution in [0.4, 0.5) is 0 Å². The van der Waals surface area contributed by atoms with Crippen LogP contribution in [-0.4, -0.2) is 0 Å². The molecule has 0 nitrogen and oxygen atoms in total. The van der Waals surface area contributed by atoms with Crippen LogP contribution in [0.15, 0.2) is 12.2 Å². The van der Waals surface area contributed by atoms with Crippen LogP contribution in [0.3, 0.4) is 0 Å². The van der Waals surface area contributed by atoms with Gasteiger partial charge in [0.1, 0.15) is 0 Å². The molecule has 0 heterocycles. The summed E-state index contributed by atoms with van der Waals surface area (Å²) in [4.78, 5) is 0. The molecule has 0 radical (unpaired) electrons. The van der Waals surface area contributed by atoms with Crippen LogP contribution >= 0.6 is 0 Å². The van der Waals surface area contributed by atoms with Gasteiger partial charge < -0.3 is 0 Å². The first kappa shape index (κ1) is 7.84. The maximum atomic E-state index is 2.40. The van der Waals surface area contributed by atoms with Gasteiger partial charge in [-0.05, 0) is 30.6 Å². The molecule has 1 aliphatic carbocycles. The van der Waals surface area contributed by atoms with Crippen molar-refractivity contribution in [2.45, 2.75) is 40.0 Å². The third kappa shape index (κ3) is 1.42. The van der Waals surface area contributed by atoms with Gasteiger partial charge in [-0.15, -0.1) is 0 Å². The molecular weight excluding hydrogens is 120 g/mol. The molecule has 1 aliphatic rings. The Kier molecular flexibility index (Phi) is 2.18. The van der Waals surface area contributed by atoms with Gasteiger partial charge in [-0.3, -0.25) is 0 Å². The van der Waals surface area contributed by atoms with Crippen molar-refractivity contribution in [3.05, 3.63) is 12.2 Å². The quantitative estimate of drug-likeness (QED) is 0.487. The lowest BCUT2D eigenvalue weighted by atomic mass is 9.73. The molecule has 0 saturated carbocycles. The highest BCUT2D eigenvalue weighted by atomic mass is 14.3. The zero-order valence-electron chi connectivity index (χ0n) is 7.35. The van der Waals surface area contributed by atoms with Gasteiger partial charge >= 0.3 is 0 Å². The summed E-state index contributed by atoms with van der Waals surface area (Å²) in [7, 11) is 0. The molecule has 0 fully saturated rings. The second-order valence-corrected chi connectivity index (χ2v) is 3.96. The zero-order valence-corrected chi connectivity index (χ0v) is 7.35. The van der Waals surface area contributed by atoms with Gasteiger partial charge in [0.25, 0.3) is 0 Å². The Hall–Kier alpha value is -0.260. The van der Waals surface area contributed by atoms with Crippen molar-refractivity contribution in [2.24, 2.45) is 11.3 Å². The minimum Gasteiger partial charge on any atom is -0.0880 e. The lowest BCUT2D eigenvalue weighted by molar-refractivity contribution is 0.259. The van der Waals surface area contributed by atoms with Crippen molar-refractivity contribution in [2.75, 3.05) is 0 Å². The fraction of sp³-hybridized carbons (Fsp3) is 0.800. The predicted molar refractivity (Wildman–Crippen MR) is 45.9 cm³/mol. The number of rotatable bonds is 1. The first-order chi connectivity index (χ1) is 4.65. The van der Waals surface area contributed by atoms with Crippen molar-refractivity contribution < 1.29 is 0 Å². The van der Waals surface area contributed by atoms with E-state index < -0.39 is 0 Å². The van der Waals surface area contributed by atoms with Gasteiger partial charge in [-0.25, -0.2) is 0 Å². The lowest BCUT2D eigenvalue weighted by Gasteiger charge is -2.32. The molecule has 0 aromatic rings. The van der Waals surface area contributed by atoms with E-state index in [2.05, 4.69) is 32.9 Å². The summed E-state index contributed by atoms with van der Waals surface area (Å²) in [5, 5.41) is 0. The van der Waals surface area contributed by atoms with E-state index in [-0.39, 0.29) is 0 Å². The smallest absolute Gasteiger partial charge is 0.0123 e. The van der Waals surface area contributed by atoms with Gasteiger partial charge in [0.15, 0.2) is 0 Å². The summed E-state index contributed by atoms with van der Waals surface area (Å²) in [5.41, 5.74) is 0.498. The number of allylic oxidation sites excluding steroid dienone is 2. The molecule has 0 saturated heterocycles. The average molecular weight is 138 g/mol. The van der Waals surface area contributed by atoms with Crippen LogP contribution in [0.2, 0.25) is 0 Å². The molecule has 0 spiro atoms. The molecule has 10 heavy (non-hydrogen) atoms. The normalized spacial score (nSPS) is 33.2. The van der Waals surface area contributed by atoms with E-state index in [0.29, 0.717) is 5.41 Å². The van der Waals surface area contributed by atoms with E-state index in [9.17, 15) is 0 Å². The van der Waals surface area contributed by atoms with E-state index in [1.54, 1.807) is 0 Å². The van der Waals surface area contributed by atoms with E-state index >= 15 is 0 Å². The number of hydrogen-bond acceptors (Lipinski definition) is 0. The summed E-state index contributed by atoms with van der Waals surface area (Å²) in [6, 6.07) is 0. The lowest BCUT2D eigenvalue weighted by Crippen LogP contribution is -2.22. The van der Waals surface area contributed by atoms with E-state index in [1.807, 2.05) is 0 Å². The fourth-order valence-corrected chi connectivity index (χ4v) is 1.52. The van der Waals surface area contributed by atoms with E-state index in [1.165, 1.54) is 19.3 Å². The molecule has 0 aromatic heterocycles. The fourth-order valence-electron chi connectivity index (χ4n) is 1.52. The summed E-state index contributed by atoms with van der Waals surface area (Å²) < 4.78 is 0. The molecule has 0 N–H and O–H groups in total. The second kappa shape index (κ2) is 2.77. The molecule has 0 unspecified atom stereocenters. The van der Waals surface area contributed by atoms with Crippen LogP contribution in [0.25, 0.3) is 0 Å². The van der Waals surface area contributed by atoms with Crippen LogP contribution in [-0.2, 0) is 0 Å². The zero-order chi connectivity index (χ0) is 7.61. The third-order valence-electron chi connectivity index (χ3n) is 2.90. The Morgan fingerprint density at radius 2 is 2.10 bits per heavy atom. The molecule has 0 aromatic carbocycles. The summed E-state index contributed by atoms with van der Waals surface area (Å²) >= 11 is 0. The summed E-state index contributed by atoms with van der Waals surface area (Å²) in [6.07, 6.45) is 8.79. The maximum absolute atomic E-state index is 2.40. The molecular formula is C10H18. The standard InChI is InChI=1S/C10H18/c1-9(2)10(3)7-5-4-6-8-10/h5,7,9H,4,6,8H2,1-3H3/t10-/m0/s1. The maximum Gasteiger partial charge on any atom is -0.0123 e.